The highest BCUT2D eigenvalue weighted by Crippen LogP contribution is 2.34. The first-order valence-electron chi connectivity index (χ1n) is 9.03. The van der Waals surface area contributed by atoms with Crippen LogP contribution in [0.2, 0.25) is 0 Å². The lowest BCUT2D eigenvalue weighted by Crippen LogP contribution is -2.29. The molecule has 0 saturated carbocycles. The Morgan fingerprint density at radius 1 is 1.27 bits per heavy atom. The van der Waals surface area contributed by atoms with E-state index < -0.39 is 40.6 Å². The number of phenolic OH excluding ortho intramolecular Hbond substituents is 1. The first-order valence-corrected chi connectivity index (χ1v) is 9.03. The van der Waals surface area contributed by atoms with E-state index in [-0.39, 0.29) is 11.7 Å². The van der Waals surface area contributed by atoms with E-state index in [4.69, 9.17) is 9.26 Å². The number of carbonyl (C=O) groups excluding carboxylic acids is 1. The third-order valence-electron chi connectivity index (χ3n) is 5.03. The summed E-state index contributed by atoms with van der Waals surface area (Å²) in [7, 11) is 1.58. The molecule has 1 fully saturated rings. The SMILES string of the molecule is COc1ccccc1C1CCN(C(=O)c2noc(-c3cc(F)c(F)c(O)c3F)n2)C1. The van der Waals surface area contributed by atoms with Crippen molar-refractivity contribution in [3.05, 3.63) is 59.2 Å². The summed E-state index contributed by atoms with van der Waals surface area (Å²) in [5.74, 6) is -6.86. The number of para-hydroxylation sites is 1. The van der Waals surface area contributed by atoms with Crippen LogP contribution in [0.3, 0.4) is 0 Å². The smallest absolute Gasteiger partial charge is 0.295 e. The summed E-state index contributed by atoms with van der Waals surface area (Å²) in [6, 6.07) is 7.99. The minimum Gasteiger partial charge on any atom is -0.503 e. The molecule has 156 valence electrons. The van der Waals surface area contributed by atoms with Crippen LogP contribution in [-0.2, 0) is 0 Å². The van der Waals surface area contributed by atoms with Crippen molar-refractivity contribution < 1.29 is 32.3 Å². The molecule has 0 radical (unpaired) electrons. The second-order valence-electron chi connectivity index (χ2n) is 6.78. The van der Waals surface area contributed by atoms with Gasteiger partial charge in [0.05, 0.1) is 12.7 Å². The largest absolute Gasteiger partial charge is 0.503 e. The van der Waals surface area contributed by atoms with Gasteiger partial charge in [-0.15, -0.1) is 0 Å². The Morgan fingerprint density at radius 3 is 2.80 bits per heavy atom. The Labute approximate surface area is 168 Å². The van der Waals surface area contributed by atoms with Crippen molar-refractivity contribution >= 4 is 5.91 Å². The van der Waals surface area contributed by atoms with Gasteiger partial charge in [0.1, 0.15) is 5.75 Å². The van der Waals surface area contributed by atoms with Crippen LogP contribution < -0.4 is 4.74 Å². The number of halogens is 3. The van der Waals surface area contributed by atoms with Crippen LogP contribution >= 0.6 is 0 Å². The van der Waals surface area contributed by atoms with E-state index in [0.29, 0.717) is 25.6 Å². The number of methoxy groups -OCH3 is 1. The number of phenols is 1. The zero-order valence-electron chi connectivity index (χ0n) is 15.7. The van der Waals surface area contributed by atoms with Crippen molar-refractivity contribution in [2.45, 2.75) is 12.3 Å². The molecule has 1 atom stereocenters. The molecule has 3 aromatic rings. The minimum atomic E-state index is -1.73. The maximum absolute atomic E-state index is 14.1. The lowest BCUT2D eigenvalue weighted by molar-refractivity contribution is 0.0775. The van der Waals surface area contributed by atoms with E-state index >= 15 is 0 Å². The second kappa shape index (κ2) is 7.69. The Hall–Kier alpha value is -3.56. The van der Waals surface area contributed by atoms with E-state index in [2.05, 4.69) is 10.1 Å². The van der Waals surface area contributed by atoms with Crippen molar-refractivity contribution in [2.24, 2.45) is 0 Å². The number of nitrogens with zero attached hydrogens (tertiary/aromatic N) is 3. The van der Waals surface area contributed by atoms with E-state index in [1.807, 2.05) is 24.3 Å². The van der Waals surface area contributed by atoms with Gasteiger partial charge >= 0.3 is 0 Å². The molecule has 0 spiro atoms. The monoisotopic (exact) mass is 419 g/mol. The van der Waals surface area contributed by atoms with Crippen molar-refractivity contribution in [2.75, 3.05) is 20.2 Å². The highest BCUT2D eigenvalue weighted by atomic mass is 19.2. The number of rotatable bonds is 4. The average Bonchev–Trinajstić information content (AvgIpc) is 3.44. The van der Waals surface area contributed by atoms with Crippen LogP contribution in [0.1, 0.15) is 28.5 Å². The zero-order chi connectivity index (χ0) is 21.4. The molecule has 0 bridgehead atoms. The maximum Gasteiger partial charge on any atom is 0.295 e. The van der Waals surface area contributed by atoms with Crippen LogP contribution in [0.25, 0.3) is 11.5 Å². The molecule has 1 aliphatic heterocycles. The quantitative estimate of drug-likeness (QED) is 0.652. The molecule has 7 nitrogen and oxygen atoms in total. The van der Waals surface area contributed by atoms with Gasteiger partial charge in [0.2, 0.25) is 5.82 Å². The number of aromatic hydroxyl groups is 1. The molecule has 4 rings (SSSR count). The van der Waals surface area contributed by atoms with Crippen LogP contribution in [0, 0.1) is 17.5 Å². The molecule has 2 heterocycles. The fraction of sp³-hybridized carbons (Fsp3) is 0.250. The van der Waals surface area contributed by atoms with Crippen LogP contribution in [0.5, 0.6) is 11.5 Å². The van der Waals surface area contributed by atoms with Gasteiger partial charge in [-0.25, -0.2) is 8.78 Å². The number of likely N-dealkylation sites (tertiary alicyclic amines) is 1. The first-order chi connectivity index (χ1) is 14.4. The fourth-order valence-corrected chi connectivity index (χ4v) is 3.51. The van der Waals surface area contributed by atoms with Gasteiger partial charge in [-0.1, -0.05) is 23.4 Å². The molecular formula is C20H16F3N3O4. The van der Waals surface area contributed by atoms with Crippen LogP contribution in [0.4, 0.5) is 13.2 Å². The number of carbonyl (C=O) groups is 1. The molecule has 1 aliphatic rings. The molecular weight excluding hydrogens is 403 g/mol. The number of hydrogen-bond donors (Lipinski definition) is 1. The first kappa shape index (κ1) is 19.7. The molecule has 30 heavy (non-hydrogen) atoms. The fourth-order valence-electron chi connectivity index (χ4n) is 3.51. The molecule has 1 amide bonds. The summed E-state index contributed by atoms with van der Waals surface area (Å²) >= 11 is 0. The summed E-state index contributed by atoms with van der Waals surface area (Å²) in [6.45, 7) is 0.829. The summed E-state index contributed by atoms with van der Waals surface area (Å²) in [6.07, 6.45) is 0.697. The predicted molar refractivity (Wildman–Crippen MR) is 97.5 cm³/mol. The number of amides is 1. The summed E-state index contributed by atoms with van der Waals surface area (Å²) in [4.78, 5) is 18.0. The lowest BCUT2D eigenvalue weighted by atomic mass is 9.97. The highest BCUT2D eigenvalue weighted by molar-refractivity contribution is 5.91. The molecule has 1 N–H and O–H groups in total. The third-order valence-corrected chi connectivity index (χ3v) is 5.03. The molecule has 2 aromatic carbocycles. The van der Waals surface area contributed by atoms with Gasteiger partial charge < -0.3 is 19.3 Å². The molecule has 10 heteroatoms. The molecule has 1 saturated heterocycles. The Morgan fingerprint density at radius 2 is 2.03 bits per heavy atom. The van der Waals surface area contributed by atoms with Crippen molar-refractivity contribution in [3.63, 3.8) is 0 Å². The van der Waals surface area contributed by atoms with Crippen LogP contribution in [0.15, 0.2) is 34.9 Å². The number of ether oxygens (including phenoxy) is 1. The second-order valence-corrected chi connectivity index (χ2v) is 6.78. The molecule has 1 aromatic heterocycles. The lowest BCUT2D eigenvalue weighted by Gasteiger charge is -2.16. The Bertz CT molecular complexity index is 1120. The van der Waals surface area contributed by atoms with Crippen molar-refractivity contribution in [1.82, 2.24) is 15.0 Å². The van der Waals surface area contributed by atoms with E-state index in [0.717, 1.165) is 11.3 Å². The predicted octanol–water partition coefficient (Wildman–Crippen LogP) is 3.50. The van der Waals surface area contributed by atoms with E-state index in [1.165, 1.54) is 4.90 Å². The van der Waals surface area contributed by atoms with Crippen molar-refractivity contribution in [1.29, 1.82) is 0 Å². The van der Waals surface area contributed by atoms with Gasteiger partial charge in [0.15, 0.2) is 17.4 Å². The normalized spacial score (nSPS) is 16.1. The van der Waals surface area contributed by atoms with Gasteiger partial charge in [-0.2, -0.15) is 9.37 Å². The van der Waals surface area contributed by atoms with Gasteiger partial charge in [0.25, 0.3) is 17.6 Å². The topological polar surface area (TPSA) is 88.7 Å². The van der Waals surface area contributed by atoms with Crippen molar-refractivity contribution in [3.8, 4) is 23.0 Å². The Kier molecular flexibility index (Phi) is 5.06. The molecule has 1 unspecified atom stereocenters. The number of aromatic nitrogens is 2. The van der Waals surface area contributed by atoms with E-state index in [1.54, 1.807) is 7.11 Å². The summed E-state index contributed by atoms with van der Waals surface area (Å²) < 4.78 is 51.0. The standard InChI is InChI=1S/C20H16F3N3O4/c1-29-14-5-3-2-4-11(14)10-6-7-26(9-10)20(28)18-24-19(30-25-18)12-8-13(21)16(23)17(27)15(12)22/h2-5,8,10,27H,6-7,9H2,1H3. The maximum atomic E-state index is 14.1. The van der Waals surface area contributed by atoms with E-state index in [9.17, 15) is 23.1 Å². The third kappa shape index (κ3) is 3.34. The van der Waals surface area contributed by atoms with Gasteiger partial charge in [0, 0.05) is 19.0 Å². The number of benzene rings is 2. The summed E-state index contributed by atoms with van der Waals surface area (Å²) in [5.41, 5.74) is 0.328. The number of hydrogen-bond acceptors (Lipinski definition) is 6. The van der Waals surface area contributed by atoms with Crippen LogP contribution in [-0.4, -0.2) is 46.3 Å². The minimum absolute atomic E-state index is 0.0528. The highest BCUT2D eigenvalue weighted by Gasteiger charge is 2.32. The zero-order valence-corrected chi connectivity index (χ0v) is 15.7. The Balaban J connectivity index is 1.54. The molecule has 0 aliphatic carbocycles. The average molecular weight is 419 g/mol. The van der Waals surface area contributed by atoms with Gasteiger partial charge in [-0.3, -0.25) is 4.79 Å². The summed E-state index contributed by atoms with van der Waals surface area (Å²) in [5, 5.41) is 12.9. The van der Waals surface area contributed by atoms with Gasteiger partial charge in [-0.05, 0) is 24.1 Å².